The summed E-state index contributed by atoms with van der Waals surface area (Å²) in [5, 5.41) is 6.00. The lowest BCUT2D eigenvalue weighted by atomic mass is 10.1. The van der Waals surface area contributed by atoms with Crippen LogP contribution in [0.5, 0.6) is 0 Å². The molecule has 2 atom stereocenters. The summed E-state index contributed by atoms with van der Waals surface area (Å²) in [6.45, 7) is 0.784. The van der Waals surface area contributed by atoms with Crippen LogP contribution < -0.4 is 16.4 Å². The van der Waals surface area contributed by atoms with Gasteiger partial charge in [0, 0.05) is 18.6 Å². The molecule has 0 unspecified atom stereocenters. The summed E-state index contributed by atoms with van der Waals surface area (Å²) < 4.78 is 0. The van der Waals surface area contributed by atoms with Gasteiger partial charge in [0.2, 0.25) is 0 Å². The highest BCUT2D eigenvalue weighted by molar-refractivity contribution is 5.74. The van der Waals surface area contributed by atoms with Gasteiger partial charge in [-0.2, -0.15) is 0 Å². The highest BCUT2D eigenvalue weighted by Gasteiger charge is 2.22. The van der Waals surface area contributed by atoms with Crippen molar-refractivity contribution in [2.45, 2.75) is 57.0 Å². The second kappa shape index (κ2) is 5.53. The fourth-order valence-electron chi connectivity index (χ4n) is 2.84. The van der Waals surface area contributed by atoms with Crippen molar-refractivity contribution in [3.8, 4) is 0 Å². The average molecular weight is 225 g/mol. The Morgan fingerprint density at radius 3 is 2.56 bits per heavy atom. The molecule has 16 heavy (non-hydrogen) atoms. The van der Waals surface area contributed by atoms with Gasteiger partial charge < -0.3 is 16.4 Å². The SMILES string of the molecule is N[C@@H]1CC[C@H](CNC(=O)NC2CCCC2)C1. The molecule has 2 rings (SSSR count). The first-order valence-corrected chi connectivity index (χ1v) is 6.54. The van der Waals surface area contributed by atoms with Gasteiger partial charge in [-0.15, -0.1) is 0 Å². The lowest BCUT2D eigenvalue weighted by Crippen LogP contribution is -2.42. The monoisotopic (exact) mass is 225 g/mol. The van der Waals surface area contributed by atoms with Crippen LogP contribution in [-0.2, 0) is 0 Å². The predicted molar refractivity (Wildman–Crippen MR) is 64.1 cm³/mol. The van der Waals surface area contributed by atoms with E-state index >= 15 is 0 Å². The third-order valence-electron chi connectivity index (χ3n) is 3.82. The number of hydrogen-bond donors (Lipinski definition) is 3. The smallest absolute Gasteiger partial charge is 0.315 e. The minimum absolute atomic E-state index is 0.00683. The Kier molecular flexibility index (Phi) is 4.04. The van der Waals surface area contributed by atoms with Crippen molar-refractivity contribution in [2.75, 3.05) is 6.54 Å². The summed E-state index contributed by atoms with van der Waals surface area (Å²) in [6.07, 6.45) is 8.11. The third-order valence-corrected chi connectivity index (χ3v) is 3.82. The van der Waals surface area contributed by atoms with Crippen molar-refractivity contribution in [1.82, 2.24) is 10.6 Å². The fraction of sp³-hybridized carbons (Fsp3) is 0.917. The van der Waals surface area contributed by atoms with Gasteiger partial charge in [0.1, 0.15) is 0 Å². The number of hydrogen-bond acceptors (Lipinski definition) is 2. The van der Waals surface area contributed by atoms with E-state index < -0.39 is 0 Å². The van der Waals surface area contributed by atoms with Crippen LogP contribution in [0, 0.1) is 5.92 Å². The van der Waals surface area contributed by atoms with Gasteiger partial charge in [-0.1, -0.05) is 12.8 Å². The third kappa shape index (κ3) is 3.37. The van der Waals surface area contributed by atoms with Crippen LogP contribution in [0.25, 0.3) is 0 Å². The van der Waals surface area contributed by atoms with E-state index in [0.717, 1.165) is 38.6 Å². The molecule has 4 nitrogen and oxygen atoms in total. The lowest BCUT2D eigenvalue weighted by Gasteiger charge is -2.15. The second-order valence-electron chi connectivity index (χ2n) is 5.27. The number of carbonyl (C=O) groups is 1. The highest BCUT2D eigenvalue weighted by Crippen LogP contribution is 2.23. The number of carbonyl (C=O) groups excluding carboxylic acids is 1. The van der Waals surface area contributed by atoms with Gasteiger partial charge in [-0.3, -0.25) is 0 Å². The van der Waals surface area contributed by atoms with E-state index in [-0.39, 0.29) is 6.03 Å². The zero-order valence-electron chi connectivity index (χ0n) is 9.87. The van der Waals surface area contributed by atoms with E-state index in [0.29, 0.717) is 18.0 Å². The first kappa shape index (κ1) is 11.7. The van der Waals surface area contributed by atoms with Crippen LogP contribution >= 0.6 is 0 Å². The molecule has 0 spiro atoms. The van der Waals surface area contributed by atoms with E-state index in [1.54, 1.807) is 0 Å². The summed E-state index contributed by atoms with van der Waals surface area (Å²) in [7, 11) is 0. The Hall–Kier alpha value is -0.770. The van der Waals surface area contributed by atoms with Crippen molar-refractivity contribution in [3.63, 3.8) is 0 Å². The number of rotatable bonds is 3. The van der Waals surface area contributed by atoms with Crippen LogP contribution in [0.3, 0.4) is 0 Å². The van der Waals surface area contributed by atoms with Gasteiger partial charge in [-0.05, 0) is 38.0 Å². The quantitative estimate of drug-likeness (QED) is 0.679. The number of nitrogens with two attached hydrogens (primary N) is 1. The van der Waals surface area contributed by atoms with Crippen LogP contribution in [0.15, 0.2) is 0 Å². The minimum Gasteiger partial charge on any atom is -0.338 e. The predicted octanol–water partition coefficient (Wildman–Crippen LogP) is 1.36. The molecule has 0 aromatic heterocycles. The maximum absolute atomic E-state index is 11.6. The summed E-state index contributed by atoms with van der Waals surface area (Å²) in [5.41, 5.74) is 5.84. The molecule has 0 aromatic carbocycles. The van der Waals surface area contributed by atoms with E-state index in [1.165, 1.54) is 12.8 Å². The average Bonchev–Trinajstić information content (AvgIpc) is 2.87. The first-order valence-electron chi connectivity index (χ1n) is 6.54. The second-order valence-corrected chi connectivity index (χ2v) is 5.27. The topological polar surface area (TPSA) is 67.1 Å². The van der Waals surface area contributed by atoms with Crippen LogP contribution in [0.1, 0.15) is 44.9 Å². The highest BCUT2D eigenvalue weighted by atomic mass is 16.2. The van der Waals surface area contributed by atoms with Crippen molar-refractivity contribution >= 4 is 6.03 Å². The molecular weight excluding hydrogens is 202 g/mol. The van der Waals surface area contributed by atoms with Crippen molar-refractivity contribution in [2.24, 2.45) is 11.7 Å². The lowest BCUT2D eigenvalue weighted by molar-refractivity contribution is 0.235. The van der Waals surface area contributed by atoms with Gasteiger partial charge in [0.15, 0.2) is 0 Å². The van der Waals surface area contributed by atoms with Gasteiger partial charge in [-0.25, -0.2) is 4.79 Å². The normalized spacial score (nSPS) is 30.6. The molecule has 0 aromatic rings. The molecule has 2 aliphatic carbocycles. The Bertz CT molecular complexity index is 238. The molecule has 4 N–H and O–H groups in total. The van der Waals surface area contributed by atoms with Gasteiger partial charge in [0.05, 0.1) is 0 Å². The molecule has 4 heteroatoms. The van der Waals surface area contributed by atoms with E-state index in [9.17, 15) is 4.79 Å². The van der Waals surface area contributed by atoms with E-state index in [1.807, 2.05) is 0 Å². The zero-order chi connectivity index (χ0) is 11.4. The van der Waals surface area contributed by atoms with E-state index in [4.69, 9.17) is 5.73 Å². The van der Waals surface area contributed by atoms with Crippen LogP contribution in [-0.4, -0.2) is 24.7 Å². The molecular formula is C12H23N3O. The molecule has 2 saturated carbocycles. The molecule has 0 aliphatic heterocycles. The Morgan fingerprint density at radius 1 is 1.19 bits per heavy atom. The molecule has 92 valence electrons. The Balaban J connectivity index is 1.60. The van der Waals surface area contributed by atoms with Crippen molar-refractivity contribution in [3.05, 3.63) is 0 Å². The summed E-state index contributed by atoms with van der Waals surface area (Å²) in [4.78, 5) is 11.6. The molecule has 2 fully saturated rings. The zero-order valence-corrected chi connectivity index (χ0v) is 9.87. The molecule has 0 radical (unpaired) electrons. The number of amides is 2. The summed E-state index contributed by atoms with van der Waals surface area (Å²) in [6, 6.07) is 0.767. The van der Waals surface area contributed by atoms with Gasteiger partial charge in [0.25, 0.3) is 0 Å². The van der Waals surface area contributed by atoms with Crippen molar-refractivity contribution in [1.29, 1.82) is 0 Å². The number of nitrogens with one attached hydrogen (secondary N) is 2. The molecule has 2 aliphatic rings. The van der Waals surface area contributed by atoms with Gasteiger partial charge >= 0.3 is 6.03 Å². The van der Waals surface area contributed by atoms with Crippen molar-refractivity contribution < 1.29 is 4.79 Å². The number of urea groups is 1. The Morgan fingerprint density at radius 2 is 1.94 bits per heavy atom. The molecule has 0 heterocycles. The van der Waals surface area contributed by atoms with E-state index in [2.05, 4.69) is 10.6 Å². The minimum atomic E-state index is 0.00683. The maximum Gasteiger partial charge on any atom is 0.315 e. The first-order chi connectivity index (χ1) is 7.74. The molecule has 2 amide bonds. The Labute approximate surface area is 97.3 Å². The van der Waals surface area contributed by atoms with Crippen LogP contribution in [0.4, 0.5) is 4.79 Å². The maximum atomic E-state index is 11.6. The fourth-order valence-corrected chi connectivity index (χ4v) is 2.84. The molecule has 0 bridgehead atoms. The summed E-state index contributed by atoms with van der Waals surface area (Å²) in [5.74, 6) is 0.587. The van der Waals surface area contributed by atoms with Crippen LogP contribution in [0.2, 0.25) is 0 Å². The molecule has 0 saturated heterocycles. The summed E-state index contributed by atoms with van der Waals surface area (Å²) >= 11 is 0. The standard InChI is InChI=1S/C12H23N3O/c13-10-6-5-9(7-10)8-14-12(16)15-11-3-1-2-4-11/h9-11H,1-8,13H2,(H2,14,15,16)/t9-,10+/m0/s1. The largest absolute Gasteiger partial charge is 0.338 e.